The number of nitrogens with one attached hydrogen (secondary N) is 2. The Kier molecular flexibility index (Phi) is 7.51. The minimum absolute atomic E-state index is 0.0290. The molecule has 4 aromatic rings. The maximum absolute atomic E-state index is 13.5. The van der Waals surface area contributed by atoms with Gasteiger partial charge in [-0.25, -0.2) is 0 Å². The molecule has 2 amide bonds. The minimum Gasteiger partial charge on any atom is -0.508 e. The number of hydrogen-bond acceptors (Lipinski definition) is 4. The van der Waals surface area contributed by atoms with Crippen LogP contribution in [0.25, 0.3) is 10.8 Å². The van der Waals surface area contributed by atoms with Gasteiger partial charge < -0.3 is 15.7 Å². The predicted molar refractivity (Wildman–Crippen MR) is 158 cm³/mol. The van der Waals surface area contributed by atoms with Gasteiger partial charge in [0.1, 0.15) is 5.75 Å². The van der Waals surface area contributed by atoms with Gasteiger partial charge in [0.15, 0.2) is 0 Å². The molecule has 0 spiro atoms. The number of aryl methyl sites for hydroxylation is 2. The van der Waals surface area contributed by atoms with Crippen LogP contribution in [0.4, 0.5) is 5.69 Å². The van der Waals surface area contributed by atoms with E-state index in [1.807, 2.05) is 42.5 Å². The number of fused-ring (bicyclic) bond motifs is 2. The number of phenols is 1. The van der Waals surface area contributed by atoms with Crippen LogP contribution >= 0.6 is 0 Å². The van der Waals surface area contributed by atoms with Crippen molar-refractivity contribution in [3.05, 3.63) is 107 Å². The maximum atomic E-state index is 13.5. The Morgan fingerprint density at radius 3 is 2.42 bits per heavy atom. The van der Waals surface area contributed by atoms with E-state index in [1.54, 1.807) is 12.1 Å². The molecule has 6 nitrogen and oxygen atoms in total. The Labute approximate surface area is 235 Å². The second-order valence-electron chi connectivity index (χ2n) is 11.2. The summed E-state index contributed by atoms with van der Waals surface area (Å²) in [6.45, 7) is 2.20. The second kappa shape index (κ2) is 11.5. The molecule has 0 bridgehead atoms. The van der Waals surface area contributed by atoms with E-state index in [-0.39, 0.29) is 29.4 Å². The van der Waals surface area contributed by atoms with E-state index >= 15 is 0 Å². The number of hydrogen-bond donors (Lipinski definition) is 3. The van der Waals surface area contributed by atoms with Crippen molar-refractivity contribution in [2.24, 2.45) is 11.8 Å². The van der Waals surface area contributed by atoms with Crippen molar-refractivity contribution in [3.63, 3.8) is 0 Å². The average Bonchev–Trinajstić information content (AvgIpc) is 3.45. The van der Waals surface area contributed by atoms with E-state index < -0.39 is 0 Å². The lowest BCUT2D eigenvalue weighted by atomic mass is 9.87. The molecular formula is C34H35N3O3. The number of benzene rings is 4. The zero-order valence-electron chi connectivity index (χ0n) is 22.6. The predicted octanol–water partition coefficient (Wildman–Crippen LogP) is 5.43. The first-order chi connectivity index (χ1) is 19.5. The van der Waals surface area contributed by atoms with Crippen LogP contribution in [0, 0.1) is 11.8 Å². The normalized spacial score (nSPS) is 18.8. The van der Waals surface area contributed by atoms with E-state index in [4.69, 9.17) is 0 Å². The van der Waals surface area contributed by atoms with Crippen LogP contribution in [0.3, 0.4) is 0 Å². The lowest BCUT2D eigenvalue weighted by Crippen LogP contribution is -2.48. The Morgan fingerprint density at radius 1 is 0.825 bits per heavy atom. The Hall–Kier alpha value is -4.16. The van der Waals surface area contributed by atoms with Crippen molar-refractivity contribution >= 4 is 28.3 Å². The lowest BCUT2D eigenvalue weighted by Gasteiger charge is -2.36. The molecule has 0 radical (unpaired) electrons. The summed E-state index contributed by atoms with van der Waals surface area (Å²) in [7, 11) is 0. The third-order valence-corrected chi connectivity index (χ3v) is 8.31. The molecular weight excluding hydrogens is 498 g/mol. The van der Waals surface area contributed by atoms with Gasteiger partial charge in [0.25, 0.3) is 0 Å². The summed E-state index contributed by atoms with van der Waals surface area (Å²) < 4.78 is 0. The number of likely N-dealkylation sites (tertiary alicyclic amines) is 1. The maximum Gasteiger partial charge on any atom is 0.228 e. The smallest absolute Gasteiger partial charge is 0.228 e. The molecule has 1 aliphatic heterocycles. The van der Waals surface area contributed by atoms with Crippen molar-refractivity contribution in [1.82, 2.24) is 10.2 Å². The van der Waals surface area contributed by atoms with Crippen molar-refractivity contribution in [2.75, 3.05) is 18.4 Å². The molecule has 3 N–H and O–H groups in total. The lowest BCUT2D eigenvalue weighted by molar-refractivity contribution is -0.130. The molecule has 2 aliphatic rings. The topological polar surface area (TPSA) is 81.7 Å². The fourth-order valence-electron chi connectivity index (χ4n) is 6.23. The van der Waals surface area contributed by atoms with Gasteiger partial charge >= 0.3 is 0 Å². The second-order valence-corrected chi connectivity index (χ2v) is 11.2. The molecule has 1 aliphatic carbocycles. The van der Waals surface area contributed by atoms with Crippen LogP contribution in [0.1, 0.15) is 35.1 Å². The highest BCUT2D eigenvalue weighted by molar-refractivity contribution is 5.93. The van der Waals surface area contributed by atoms with Crippen molar-refractivity contribution < 1.29 is 14.7 Å². The minimum atomic E-state index is -0.313. The van der Waals surface area contributed by atoms with Crippen LogP contribution < -0.4 is 10.6 Å². The van der Waals surface area contributed by atoms with Crippen molar-refractivity contribution in [2.45, 2.75) is 38.8 Å². The monoisotopic (exact) mass is 533 g/mol. The Balaban J connectivity index is 1.17. The zero-order chi connectivity index (χ0) is 27.5. The molecule has 0 saturated carbocycles. The molecule has 1 fully saturated rings. The third kappa shape index (κ3) is 5.87. The highest BCUT2D eigenvalue weighted by atomic mass is 16.3. The molecule has 0 unspecified atom stereocenters. The summed E-state index contributed by atoms with van der Waals surface area (Å²) in [6.07, 6.45) is 3.83. The summed E-state index contributed by atoms with van der Waals surface area (Å²) in [5.74, 6) is -0.470. The summed E-state index contributed by atoms with van der Waals surface area (Å²) >= 11 is 0. The van der Waals surface area contributed by atoms with Crippen LogP contribution in [-0.4, -0.2) is 34.9 Å². The van der Waals surface area contributed by atoms with Gasteiger partial charge in [-0.3, -0.25) is 14.5 Å². The summed E-state index contributed by atoms with van der Waals surface area (Å²) in [5, 5.41) is 18.3. The van der Waals surface area contributed by atoms with Crippen molar-refractivity contribution in [3.8, 4) is 5.75 Å². The number of nitrogens with zero attached hydrogens (tertiary/aromatic N) is 1. The molecule has 40 heavy (non-hydrogen) atoms. The van der Waals surface area contributed by atoms with Gasteiger partial charge in [-0.05, 0) is 83.0 Å². The van der Waals surface area contributed by atoms with Gasteiger partial charge in [-0.2, -0.15) is 0 Å². The first-order valence-corrected chi connectivity index (χ1v) is 14.2. The summed E-state index contributed by atoms with van der Waals surface area (Å²) in [6, 6.07) is 27.7. The van der Waals surface area contributed by atoms with Gasteiger partial charge in [-0.1, -0.05) is 60.7 Å². The number of phenolic OH excluding ortho intramolecular Hbond substituents is 1. The number of aromatic hydroxyl groups is 1. The summed E-state index contributed by atoms with van der Waals surface area (Å²) in [4.78, 5) is 29.2. The largest absolute Gasteiger partial charge is 0.508 e. The number of amides is 2. The number of rotatable bonds is 7. The van der Waals surface area contributed by atoms with Crippen LogP contribution in [-0.2, 0) is 35.5 Å². The first-order valence-electron chi connectivity index (χ1n) is 14.2. The van der Waals surface area contributed by atoms with E-state index in [9.17, 15) is 14.7 Å². The van der Waals surface area contributed by atoms with Gasteiger partial charge in [-0.15, -0.1) is 0 Å². The number of carbonyl (C=O) groups is 2. The molecule has 1 saturated heterocycles. The highest BCUT2D eigenvalue weighted by Crippen LogP contribution is 2.28. The zero-order valence-corrected chi connectivity index (χ0v) is 22.6. The van der Waals surface area contributed by atoms with E-state index in [0.29, 0.717) is 32.6 Å². The number of piperidine rings is 1. The van der Waals surface area contributed by atoms with Gasteiger partial charge in [0, 0.05) is 31.9 Å². The fraction of sp³-hybridized carbons (Fsp3) is 0.294. The third-order valence-electron chi connectivity index (χ3n) is 8.31. The molecule has 2 atom stereocenters. The highest BCUT2D eigenvalue weighted by Gasteiger charge is 2.35. The van der Waals surface area contributed by atoms with Gasteiger partial charge in [0.2, 0.25) is 11.8 Å². The van der Waals surface area contributed by atoms with E-state index in [0.717, 1.165) is 46.8 Å². The van der Waals surface area contributed by atoms with Crippen LogP contribution in [0.2, 0.25) is 0 Å². The first kappa shape index (κ1) is 26.1. The Bertz CT molecular complexity index is 1530. The van der Waals surface area contributed by atoms with Crippen LogP contribution in [0.15, 0.2) is 84.9 Å². The summed E-state index contributed by atoms with van der Waals surface area (Å²) in [5.41, 5.74) is 5.64. The van der Waals surface area contributed by atoms with Gasteiger partial charge in [0.05, 0.1) is 11.8 Å². The molecule has 0 aromatic heterocycles. The quantitative estimate of drug-likeness (QED) is 0.296. The van der Waals surface area contributed by atoms with E-state index in [2.05, 4.69) is 45.9 Å². The fourth-order valence-corrected chi connectivity index (χ4v) is 6.23. The SMILES string of the molecule is O=C(NCc1cccc2ccccc12)[C@H]1C[C@@H](C(=O)Nc2ccc3c(c2)CCC3)CN(Cc2ccc(O)cc2)C1. The molecule has 6 rings (SSSR count). The van der Waals surface area contributed by atoms with E-state index in [1.165, 1.54) is 11.1 Å². The standard InChI is InChI=1S/C34H35N3O3/c38-31-15-11-23(12-16-31)20-37-21-28(33(39)35-19-27-9-4-7-25-5-1-2-10-32(25)27)17-29(22-37)34(40)36-30-14-13-24-6-3-8-26(24)18-30/h1-2,4-5,7,9-16,18,28-29,38H,3,6,8,17,19-22H2,(H,35,39)(H,36,40)/t28-,29+/m0/s1. The Morgan fingerprint density at radius 2 is 1.57 bits per heavy atom. The average molecular weight is 534 g/mol. The molecule has 6 heteroatoms. The molecule has 4 aromatic carbocycles. The number of carbonyl (C=O) groups excluding carboxylic acids is 2. The molecule has 1 heterocycles. The molecule has 204 valence electrons. The van der Waals surface area contributed by atoms with Crippen molar-refractivity contribution in [1.29, 1.82) is 0 Å². The van der Waals surface area contributed by atoms with Crippen LogP contribution in [0.5, 0.6) is 5.75 Å². The number of anilines is 1.